The number of aromatic nitrogens is 2. The standard InChI is InChI=1S/C6H4ClN3O4/c7-3-4(8)10-2(6(13)14)1(9-3)5(11)12/h(H2,8,10)(H,11,12)(H,13,14). The topological polar surface area (TPSA) is 126 Å². The first-order valence-corrected chi connectivity index (χ1v) is 3.61. The van der Waals surface area contributed by atoms with E-state index in [2.05, 4.69) is 9.97 Å². The van der Waals surface area contributed by atoms with Crippen molar-refractivity contribution in [2.45, 2.75) is 0 Å². The number of carboxylic acids is 2. The predicted molar refractivity (Wildman–Crippen MR) is 45.4 cm³/mol. The van der Waals surface area contributed by atoms with E-state index in [-0.39, 0.29) is 11.0 Å². The number of halogens is 1. The maximum Gasteiger partial charge on any atom is 0.357 e. The molecule has 74 valence electrons. The largest absolute Gasteiger partial charge is 0.476 e. The first-order valence-electron chi connectivity index (χ1n) is 3.23. The summed E-state index contributed by atoms with van der Waals surface area (Å²) in [5, 5.41) is 16.8. The van der Waals surface area contributed by atoms with Crippen LogP contribution in [0.2, 0.25) is 5.15 Å². The van der Waals surface area contributed by atoms with Crippen molar-refractivity contribution in [3.63, 3.8) is 0 Å². The molecular weight excluding hydrogens is 214 g/mol. The number of nitrogens with zero attached hydrogens (tertiary/aromatic N) is 2. The normalized spacial score (nSPS) is 9.79. The van der Waals surface area contributed by atoms with E-state index in [1.54, 1.807) is 0 Å². The van der Waals surface area contributed by atoms with Crippen molar-refractivity contribution >= 4 is 29.4 Å². The molecule has 7 nitrogen and oxygen atoms in total. The highest BCUT2D eigenvalue weighted by molar-refractivity contribution is 6.31. The van der Waals surface area contributed by atoms with E-state index in [0.717, 1.165) is 0 Å². The SMILES string of the molecule is Nc1nc(C(=O)O)c(C(=O)O)nc1Cl. The molecule has 0 aromatic carbocycles. The summed E-state index contributed by atoms with van der Waals surface area (Å²) in [6.45, 7) is 0. The van der Waals surface area contributed by atoms with Gasteiger partial charge in [0.25, 0.3) is 0 Å². The van der Waals surface area contributed by atoms with Gasteiger partial charge in [0, 0.05) is 0 Å². The molecule has 0 radical (unpaired) electrons. The third-order valence-corrected chi connectivity index (χ3v) is 1.56. The fourth-order valence-electron chi connectivity index (χ4n) is 0.726. The Kier molecular flexibility index (Phi) is 2.52. The minimum Gasteiger partial charge on any atom is -0.476 e. The molecule has 0 aliphatic heterocycles. The lowest BCUT2D eigenvalue weighted by atomic mass is 10.3. The Morgan fingerprint density at radius 3 is 2.00 bits per heavy atom. The van der Waals surface area contributed by atoms with Crippen molar-refractivity contribution in [3.8, 4) is 0 Å². The highest BCUT2D eigenvalue weighted by atomic mass is 35.5. The van der Waals surface area contributed by atoms with Crippen molar-refractivity contribution in [1.29, 1.82) is 0 Å². The molecule has 0 aliphatic carbocycles. The average Bonchev–Trinajstić information content (AvgIpc) is 2.08. The summed E-state index contributed by atoms with van der Waals surface area (Å²) < 4.78 is 0. The van der Waals surface area contributed by atoms with Crippen LogP contribution in [-0.4, -0.2) is 32.1 Å². The smallest absolute Gasteiger partial charge is 0.357 e. The van der Waals surface area contributed by atoms with Gasteiger partial charge in [0.15, 0.2) is 22.4 Å². The van der Waals surface area contributed by atoms with Crippen LogP contribution < -0.4 is 5.73 Å². The zero-order valence-electron chi connectivity index (χ0n) is 6.56. The molecule has 1 rings (SSSR count). The van der Waals surface area contributed by atoms with Crippen LogP contribution in [0, 0.1) is 0 Å². The molecule has 1 aromatic rings. The van der Waals surface area contributed by atoms with Crippen LogP contribution in [0.15, 0.2) is 0 Å². The van der Waals surface area contributed by atoms with E-state index in [4.69, 9.17) is 27.5 Å². The van der Waals surface area contributed by atoms with Gasteiger partial charge in [0.1, 0.15) is 0 Å². The number of anilines is 1. The lowest BCUT2D eigenvalue weighted by Gasteiger charge is -2.02. The fourth-order valence-corrected chi connectivity index (χ4v) is 0.853. The maximum absolute atomic E-state index is 10.5. The molecule has 0 bridgehead atoms. The van der Waals surface area contributed by atoms with Crippen molar-refractivity contribution in [2.24, 2.45) is 0 Å². The Balaban J connectivity index is 3.46. The summed E-state index contributed by atoms with van der Waals surface area (Å²) in [5.74, 6) is -3.39. The van der Waals surface area contributed by atoms with Gasteiger partial charge >= 0.3 is 11.9 Å². The molecule has 0 amide bonds. The second kappa shape index (κ2) is 3.46. The van der Waals surface area contributed by atoms with Gasteiger partial charge in [0.2, 0.25) is 0 Å². The van der Waals surface area contributed by atoms with Crippen LogP contribution in [0.3, 0.4) is 0 Å². The van der Waals surface area contributed by atoms with Gasteiger partial charge in [-0.2, -0.15) is 0 Å². The third-order valence-electron chi connectivity index (χ3n) is 1.28. The van der Waals surface area contributed by atoms with Crippen molar-refractivity contribution in [3.05, 3.63) is 16.5 Å². The van der Waals surface area contributed by atoms with E-state index >= 15 is 0 Å². The van der Waals surface area contributed by atoms with Gasteiger partial charge in [-0.1, -0.05) is 11.6 Å². The second-order valence-electron chi connectivity index (χ2n) is 2.21. The molecule has 0 saturated carbocycles. The number of carbonyl (C=O) groups is 2. The third kappa shape index (κ3) is 1.72. The highest BCUT2D eigenvalue weighted by Gasteiger charge is 2.21. The Morgan fingerprint density at radius 1 is 1.14 bits per heavy atom. The first kappa shape index (κ1) is 10.2. The van der Waals surface area contributed by atoms with Crippen molar-refractivity contribution in [2.75, 3.05) is 5.73 Å². The summed E-state index contributed by atoms with van der Waals surface area (Å²) >= 11 is 5.38. The highest BCUT2D eigenvalue weighted by Crippen LogP contribution is 2.15. The van der Waals surface area contributed by atoms with E-state index in [0.29, 0.717) is 0 Å². The van der Waals surface area contributed by atoms with Crippen LogP contribution in [0.4, 0.5) is 5.82 Å². The molecule has 0 aliphatic rings. The van der Waals surface area contributed by atoms with Crippen LogP contribution in [0.1, 0.15) is 21.0 Å². The van der Waals surface area contributed by atoms with Gasteiger partial charge < -0.3 is 15.9 Å². The Hall–Kier alpha value is -1.89. The molecule has 1 aromatic heterocycles. The Bertz CT molecular complexity index is 381. The summed E-state index contributed by atoms with van der Waals surface area (Å²) in [6.07, 6.45) is 0. The Morgan fingerprint density at radius 2 is 1.57 bits per heavy atom. The summed E-state index contributed by atoms with van der Waals surface area (Å²) in [7, 11) is 0. The molecule has 0 unspecified atom stereocenters. The monoisotopic (exact) mass is 217 g/mol. The summed E-state index contributed by atoms with van der Waals surface area (Å²) in [6, 6.07) is 0. The molecule has 0 atom stereocenters. The fraction of sp³-hybridized carbons (Fsp3) is 0. The summed E-state index contributed by atoms with van der Waals surface area (Å²) in [4.78, 5) is 27.6. The van der Waals surface area contributed by atoms with Gasteiger partial charge in [-0.15, -0.1) is 0 Å². The number of hydrogen-bond donors (Lipinski definition) is 3. The number of nitrogen functional groups attached to an aromatic ring is 1. The lowest BCUT2D eigenvalue weighted by molar-refractivity contribution is 0.0641. The van der Waals surface area contributed by atoms with Crippen molar-refractivity contribution in [1.82, 2.24) is 9.97 Å². The van der Waals surface area contributed by atoms with Gasteiger partial charge in [-0.05, 0) is 0 Å². The van der Waals surface area contributed by atoms with Crippen LogP contribution >= 0.6 is 11.6 Å². The zero-order chi connectivity index (χ0) is 10.9. The maximum atomic E-state index is 10.5. The molecule has 0 fully saturated rings. The molecule has 1 heterocycles. The van der Waals surface area contributed by atoms with Gasteiger partial charge in [-0.25, -0.2) is 19.6 Å². The number of rotatable bonds is 2. The van der Waals surface area contributed by atoms with E-state index in [9.17, 15) is 9.59 Å². The number of hydrogen-bond acceptors (Lipinski definition) is 5. The van der Waals surface area contributed by atoms with E-state index < -0.39 is 23.3 Å². The molecular formula is C6H4ClN3O4. The number of carboxylic acid groups (broad SMARTS) is 2. The van der Waals surface area contributed by atoms with Crippen molar-refractivity contribution < 1.29 is 19.8 Å². The van der Waals surface area contributed by atoms with E-state index in [1.165, 1.54) is 0 Å². The lowest BCUT2D eigenvalue weighted by Crippen LogP contribution is -2.14. The van der Waals surface area contributed by atoms with Crippen LogP contribution in [-0.2, 0) is 0 Å². The first-order chi connectivity index (χ1) is 6.43. The van der Waals surface area contributed by atoms with Gasteiger partial charge in [-0.3, -0.25) is 0 Å². The van der Waals surface area contributed by atoms with Crippen LogP contribution in [0.25, 0.3) is 0 Å². The second-order valence-corrected chi connectivity index (χ2v) is 2.57. The zero-order valence-corrected chi connectivity index (χ0v) is 7.32. The van der Waals surface area contributed by atoms with Gasteiger partial charge in [0.05, 0.1) is 0 Å². The average molecular weight is 218 g/mol. The number of nitrogens with two attached hydrogens (primary N) is 1. The number of aromatic carboxylic acids is 2. The molecule has 8 heteroatoms. The predicted octanol–water partition coefficient (Wildman–Crippen LogP) is 0.109. The minimum atomic E-state index is -1.53. The molecule has 0 saturated heterocycles. The molecule has 14 heavy (non-hydrogen) atoms. The Labute approximate surface area is 82.2 Å². The van der Waals surface area contributed by atoms with Crippen LogP contribution in [0.5, 0.6) is 0 Å². The quantitative estimate of drug-likeness (QED) is 0.641. The van der Waals surface area contributed by atoms with E-state index in [1.807, 2.05) is 0 Å². The molecule has 0 spiro atoms. The minimum absolute atomic E-state index is 0.325. The molecule has 4 N–H and O–H groups in total. The summed E-state index contributed by atoms with van der Waals surface area (Å²) in [5.41, 5.74) is 3.69.